The summed E-state index contributed by atoms with van der Waals surface area (Å²) in [4.78, 5) is 17.2. The van der Waals surface area contributed by atoms with Gasteiger partial charge in [0, 0.05) is 12.6 Å². The number of imidazole rings is 1. The molecule has 2 rings (SSSR count). The van der Waals surface area contributed by atoms with Crippen molar-refractivity contribution in [1.29, 1.82) is 0 Å². The molecule has 0 bridgehead atoms. The van der Waals surface area contributed by atoms with E-state index in [4.69, 9.17) is 0 Å². The maximum atomic E-state index is 10.8. The second-order valence-corrected chi connectivity index (χ2v) is 4.44. The van der Waals surface area contributed by atoms with Crippen LogP contribution in [0.15, 0.2) is 12.5 Å². The molecule has 4 nitrogen and oxygen atoms in total. The lowest BCUT2D eigenvalue weighted by atomic mass is 9.94. The number of carbonyl (C=O) groups excluding carboxylic acids is 1. The third-order valence-corrected chi connectivity index (χ3v) is 3.24. The van der Waals surface area contributed by atoms with E-state index < -0.39 is 0 Å². The quantitative estimate of drug-likeness (QED) is 0.684. The Balaban J connectivity index is 2.20. The molecule has 0 spiro atoms. The number of likely N-dealkylation sites (tertiary alicyclic amines) is 1. The van der Waals surface area contributed by atoms with Crippen LogP contribution in [0.5, 0.6) is 0 Å². The number of hydrogen-bond donors (Lipinski definition) is 0. The highest BCUT2D eigenvalue weighted by Crippen LogP contribution is 2.27. The summed E-state index contributed by atoms with van der Waals surface area (Å²) in [5, 5.41) is 0. The third-order valence-electron chi connectivity index (χ3n) is 3.24. The van der Waals surface area contributed by atoms with E-state index in [-0.39, 0.29) is 0 Å². The molecule has 1 fully saturated rings. The highest BCUT2D eigenvalue weighted by molar-refractivity contribution is 5.71. The molecule has 0 aliphatic carbocycles. The average Bonchev–Trinajstić information content (AvgIpc) is 2.65. The van der Waals surface area contributed by atoms with E-state index >= 15 is 0 Å². The van der Waals surface area contributed by atoms with Gasteiger partial charge < -0.3 is 9.47 Å². The molecule has 0 saturated carbocycles. The number of piperidine rings is 1. The minimum atomic E-state index is 0.420. The van der Waals surface area contributed by atoms with Gasteiger partial charge in [0.15, 0.2) is 6.29 Å². The number of aldehydes is 1. The van der Waals surface area contributed by atoms with Crippen LogP contribution in [0, 0.1) is 5.92 Å². The lowest BCUT2D eigenvalue weighted by Gasteiger charge is -2.35. The number of rotatable bonds is 2. The van der Waals surface area contributed by atoms with Gasteiger partial charge in [-0.05, 0) is 25.9 Å². The largest absolute Gasteiger partial charge is 0.325 e. The van der Waals surface area contributed by atoms with Crippen molar-refractivity contribution in [2.24, 2.45) is 5.92 Å². The molecule has 2 heterocycles. The van der Waals surface area contributed by atoms with Crippen molar-refractivity contribution >= 4 is 6.29 Å². The Morgan fingerprint density at radius 3 is 3.07 bits per heavy atom. The van der Waals surface area contributed by atoms with E-state index in [1.807, 2.05) is 4.57 Å². The van der Waals surface area contributed by atoms with Crippen molar-refractivity contribution in [3.8, 4) is 0 Å². The summed E-state index contributed by atoms with van der Waals surface area (Å²) in [5.74, 6) is 0.566. The van der Waals surface area contributed by atoms with E-state index in [0.29, 0.717) is 17.7 Å². The van der Waals surface area contributed by atoms with Gasteiger partial charge in [-0.25, -0.2) is 4.98 Å². The van der Waals surface area contributed by atoms with Crippen LogP contribution >= 0.6 is 0 Å². The normalized spacial score (nSPS) is 27.9. The van der Waals surface area contributed by atoms with Crippen molar-refractivity contribution in [3.05, 3.63) is 18.2 Å². The predicted octanol–water partition coefficient (Wildman–Crippen LogP) is 1.21. The lowest BCUT2D eigenvalue weighted by Crippen LogP contribution is -2.38. The first kappa shape index (κ1) is 10.4. The molecule has 2 unspecified atom stereocenters. The Labute approximate surface area is 89.9 Å². The number of nitrogens with zero attached hydrogens (tertiary/aromatic N) is 3. The monoisotopic (exact) mass is 207 g/mol. The van der Waals surface area contributed by atoms with Gasteiger partial charge in [-0.15, -0.1) is 0 Å². The van der Waals surface area contributed by atoms with Gasteiger partial charge in [-0.3, -0.25) is 4.79 Å². The zero-order valence-corrected chi connectivity index (χ0v) is 9.26. The van der Waals surface area contributed by atoms with Crippen LogP contribution in [-0.2, 0) is 0 Å². The number of aromatic nitrogens is 2. The van der Waals surface area contributed by atoms with Gasteiger partial charge in [-0.1, -0.05) is 6.92 Å². The molecule has 82 valence electrons. The van der Waals surface area contributed by atoms with Gasteiger partial charge in [0.2, 0.25) is 0 Å². The Morgan fingerprint density at radius 1 is 1.60 bits per heavy atom. The van der Waals surface area contributed by atoms with Crippen LogP contribution in [0.3, 0.4) is 0 Å². The molecular formula is C11H17N3O. The Bertz CT molecular complexity index is 347. The van der Waals surface area contributed by atoms with Crippen molar-refractivity contribution in [1.82, 2.24) is 14.5 Å². The average molecular weight is 207 g/mol. The summed E-state index contributed by atoms with van der Waals surface area (Å²) in [5.41, 5.74) is 0.691. The molecule has 4 heteroatoms. The fourth-order valence-electron chi connectivity index (χ4n) is 2.44. The van der Waals surface area contributed by atoms with Gasteiger partial charge in [0.05, 0.1) is 12.5 Å². The zero-order valence-electron chi connectivity index (χ0n) is 9.26. The summed E-state index contributed by atoms with van der Waals surface area (Å²) in [6, 6.07) is 0.420. The second kappa shape index (κ2) is 4.14. The highest BCUT2D eigenvalue weighted by Gasteiger charge is 2.26. The maximum Gasteiger partial charge on any atom is 0.168 e. The maximum absolute atomic E-state index is 10.8. The fraction of sp³-hybridized carbons (Fsp3) is 0.636. The molecule has 0 amide bonds. The molecule has 2 atom stereocenters. The molecule has 1 saturated heterocycles. The highest BCUT2D eigenvalue weighted by atomic mass is 16.1. The fourth-order valence-corrected chi connectivity index (χ4v) is 2.44. The number of hydrogen-bond acceptors (Lipinski definition) is 3. The third kappa shape index (κ3) is 1.95. The molecule has 1 aromatic rings. The van der Waals surface area contributed by atoms with Crippen LogP contribution < -0.4 is 0 Å². The first-order chi connectivity index (χ1) is 7.22. The van der Waals surface area contributed by atoms with E-state index in [0.717, 1.165) is 25.8 Å². The molecule has 1 aliphatic heterocycles. The summed E-state index contributed by atoms with van der Waals surface area (Å²) < 4.78 is 2.02. The second-order valence-electron chi connectivity index (χ2n) is 4.44. The first-order valence-corrected chi connectivity index (χ1v) is 5.38. The smallest absolute Gasteiger partial charge is 0.168 e. The van der Waals surface area contributed by atoms with E-state index in [1.54, 1.807) is 12.5 Å². The standard InChI is InChI=1S/C11H17N3O/c1-9-6-13(2)4-3-11(9)14-8-12-5-10(14)7-15/h5,7-9,11H,3-4,6H2,1-2H3. The summed E-state index contributed by atoms with van der Waals surface area (Å²) in [6.45, 7) is 4.40. The minimum Gasteiger partial charge on any atom is -0.325 e. The van der Waals surface area contributed by atoms with Crippen molar-refractivity contribution in [3.63, 3.8) is 0 Å². The minimum absolute atomic E-state index is 0.420. The SMILES string of the molecule is CC1CN(C)CCC1n1cncc1C=O. The summed E-state index contributed by atoms with van der Waals surface area (Å²) >= 11 is 0. The van der Waals surface area contributed by atoms with E-state index in [9.17, 15) is 4.79 Å². The molecule has 0 N–H and O–H groups in total. The molecular weight excluding hydrogens is 190 g/mol. The van der Waals surface area contributed by atoms with Crippen LogP contribution in [0.2, 0.25) is 0 Å². The number of carbonyl (C=O) groups is 1. The predicted molar refractivity (Wildman–Crippen MR) is 57.9 cm³/mol. The summed E-state index contributed by atoms with van der Waals surface area (Å²) in [7, 11) is 2.14. The molecule has 0 radical (unpaired) electrons. The molecule has 1 aromatic heterocycles. The van der Waals surface area contributed by atoms with Crippen LogP contribution in [0.4, 0.5) is 0 Å². The van der Waals surface area contributed by atoms with Crippen molar-refractivity contribution in [2.75, 3.05) is 20.1 Å². The van der Waals surface area contributed by atoms with E-state index in [2.05, 4.69) is 23.9 Å². The lowest BCUT2D eigenvalue weighted by molar-refractivity contribution is 0.110. The van der Waals surface area contributed by atoms with Crippen molar-refractivity contribution < 1.29 is 4.79 Å². The van der Waals surface area contributed by atoms with Crippen molar-refractivity contribution in [2.45, 2.75) is 19.4 Å². The molecule has 0 aromatic carbocycles. The Hall–Kier alpha value is -1.16. The Kier molecular flexibility index (Phi) is 2.86. The van der Waals surface area contributed by atoms with E-state index in [1.165, 1.54) is 0 Å². The van der Waals surface area contributed by atoms with Gasteiger partial charge in [0.25, 0.3) is 0 Å². The topological polar surface area (TPSA) is 38.1 Å². The molecule has 1 aliphatic rings. The summed E-state index contributed by atoms with van der Waals surface area (Å²) in [6.07, 6.45) is 5.39. The first-order valence-electron chi connectivity index (χ1n) is 5.38. The van der Waals surface area contributed by atoms with Crippen LogP contribution in [-0.4, -0.2) is 40.9 Å². The van der Waals surface area contributed by atoms with Gasteiger partial charge in [0.1, 0.15) is 5.69 Å². The molecule has 15 heavy (non-hydrogen) atoms. The van der Waals surface area contributed by atoms with Gasteiger partial charge in [-0.2, -0.15) is 0 Å². The zero-order chi connectivity index (χ0) is 10.8. The Morgan fingerprint density at radius 2 is 2.40 bits per heavy atom. The van der Waals surface area contributed by atoms with Crippen LogP contribution in [0.25, 0.3) is 0 Å². The van der Waals surface area contributed by atoms with Gasteiger partial charge >= 0.3 is 0 Å². The van der Waals surface area contributed by atoms with Crippen LogP contribution in [0.1, 0.15) is 29.9 Å².